The summed E-state index contributed by atoms with van der Waals surface area (Å²) in [5, 5.41) is 3.48. The van der Waals surface area contributed by atoms with E-state index in [0.29, 0.717) is 17.4 Å². The lowest BCUT2D eigenvalue weighted by Gasteiger charge is -1.96. The molecule has 0 saturated heterocycles. The molecule has 2 rings (SSSR count). The molecule has 0 radical (unpaired) electrons. The van der Waals surface area contributed by atoms with Crippen molar-refractivity contribution in [2.45, 2.75) is 13.3 Å². The molecule has 0 N–H and O–H groups in total. The van der Waals surface area contributed by atoms with Crippen molar-refractivity contribution in [1.29, 1.82) is 0 Å². The first-order chi connectivity index (χ1) is 7.58. The summed E-state index contributed by atoms with van der Waals surface area (Å²) in [6.45, 7) is 1.51. The van der Waals surface area contributed by atoms with Crippen LogP contribution >= 0.6 is 11.6 Å². The number of carbonyl (C=O) groups excluding carboxylic acids is 2. The van der Waals surface area contributed by atoms with E-state index in [4.69, 9.17) is 16.1 Å². The number of benzene rings is 1. The second-order valence-corrected chi connectivity index (χ2v) is 3.86. The summed E-state index contributed by atoms with van der Waals surface area (Å²) in [6, 6.07) is 5.12. The molecule has 0 bridgehead atoms. The molecule has 82 valence electrons. The van der Waals surface area contributed by atoms with E-state index < -0.39 is 5.24 Å². The van der Waals surface area contributed by atoms with Gasteiger partial charge in [-0.2, -0.15) is 0 Å². The van der Waals surface area contributed by atoms with Gasteiger partial charge < -0.3 is 4.52 Å². The highest BCUT2D eigenvalue weighted by molar-refractivity contribution is 6.68. The average Bonchev–Trinajstić information content (AvgIpc) is 2.59. The SMILES string of the molecule is CC(=O)Cc1ccc2c(C(=O)Cl)noc2c1. The fourth-order valence-electron chi connectivity index (χ4n) is 1.52. The van der Waals surface area contributed by atoms with Crippen LogP contribution in [0.15, 0.2) is 22.7 Å². The Morgan fingerprint density at radius 1 is 1.44 bits per heavy atom. The molecule has 0 spiro atoms. The van der Waals surface area contributed by atoms with Gasteiger partial charge in [0, 0.05) is 6.42 Å². The Morgan fingerprint density at radius 3 is 2.81 bits per heavy atom. The maximum absolute atomic E-state index is 11.0. The van der Waals surface area contributed by atoms with Crippen molar-refractivity contribution in [2.24, 2.45) is 0 Å². The van der Waals surface area contributed by atoms with E-state index >= 15 is 0 Å². The third-order valence-corrected chi connectivity index (χ3v) is 2.35. The number of aromatic nitrogens is 1. The first-order valence-corrected chi connectivity index (χ1v) is 5.03. The number of hydrogen-bond acceptors (Lipinski definition) is 4. The number of nitrogens with zero attached hydrogens (tertiary/aromatic N) is 1. The van der Waals surface area contributed by atoms with Gasteiger partial charge in [-0.25, -0.2) is 0 Å². The molecule has 1 heterocycles. The molecule has 1 aromatic carbocycles. The molecule has 0 amide bonds. The van der Waals surface area contributed by atoms with Gasteiger partial charge in [0.25, 0.3) is 5.24 Å². The van der Waals surface area contributed by atoms with Crippen molar-refractivity contribution in [1.82, 2.24) is 5.16 Å². The minimum Gasteiger partial charge on any atom is -0.355 e. The molecule has 16 heavy (non-hydrogen) atoms. The number of hydrogen-bond donors (Lipinski definition) is 0. The lowest BCUT2D eigenvalue weighted by molar-refractivity contribution is -0.116. The van der Waals surface area contributed by atoms with E-state index in [2.05, 4.69) is 5.16 Å². The Morgan fingerprint density at radius 2 is 2.19 bits per heavy atom. The average molecular weight is 238 g/mol. The summed E-state index contributed by atoms with van der Waals surface area (Å²) in [4.78, 5) is 21.9. The molecule has 1 aromatic heterocycles. The Bertz CT molecular complexity index is 574. The molecule has 0 aliphatic carbocycles. The topological polar surface area (TPSA) is 60.2 Å². The van der Waals surface area contributed by atoms with Crippen LogP contribution in [0, 0.1) is 0 Å². The van der Waals surface area contributed by atoms with E-state index in [0.717, 1.165) is 5.56 Å². The molecule has 0 aliphatic rings. The number of carbonyl (C=O) groups is 2. The molecular weight excluding hydrogens is 230 g/mol. The highest BCUT2D eigenvalue weighted by atomic mass is 35.5. The Balaban J connectivity index is 2.49. The summed E-state index contributed by atoms with van der Waals surface area (Å²) in [5.74, 6) is 0.0625. The van der Waals surface area contributed by atoms with Crippen LogP contribution in [-0.4, -0.2) is 16.2 Å². The van der Waals surface area contributed by atoms with Gasteiger partial charge in [0.2, 0.25) is 0 Å². The van der Waals surface area contributed by atoms with Gasteiger partial charge in [0.15, 0.2) is 11.3 Å². The quantitative estimate of drug-likeness (QED) is 0.769. The predicted octanol–water partition coefficient (Wildman–Crippen LogP) is 2.34. The van der Waals surface area contributed by atoms with Crippen molar-refractivity contribution in [3.63, 3.8) is 0 Å². The molecule has 0 saturated carbocycles. The monoisotopic (exact) mass is 237 g/mol. The van der Waals surface area contributed by atoms with Crippen molar-refractivity contribution in [2.75, 3.05) is 0 Å². The third kappa shape index (κ3) is 1.97. The van der Waals surface area contributed by atoms with Crippen LogP contribution < -0.4 is 0 Å². The summed E-state index contributed by atoms with van der Waals surface area (Å²) in [6.07, 6.45) is 0.334. The Hall–Kier alpha value is -1.68. The van der Waals surface area contributed by atoms with Gasteiger partial charge in [-0.05, 0) is 36.2 Å². The second kappa shape index (κ2) is 4.06. The zero-order chi connectivity index (χ0) is 11.7. The fourth-order valence-corrected chi connectivity index (χ4v) is 1.66. The van der Waals surface area contributed by atoms with Crippen LogP contribution in [0.1, 0.15) is 23.0 Å². The first kappa shape index (κ1) is 10.8. The molecule has 0 atom stereocenters. The van der Waals surface area contributed by atoms with Crippen LogP contribution in [0.4, 0.5) is 0 Å². The zero-order valence-corrected chi connectivity index (χ0v) is 9.25. The second-order valence-electron chi connectivity index (χ2n) is 3.51. The Kier molecular flexibility index (Phi) is 2.75. The van der Waals surface area contributed by atoms with Crippen molar-refractivity contribution in [3.8, 4) is 0 Å². The summed E-state index contributed by atoms with van der Waals surface area (Å²) < 4.78 is 4.97. The number of rotatable bonds is 3. The standard InChI is InChI=1S/C11H8ClNO3/c1-6(14)4-7-2-3-8-9(5-7)16-13-10(8)11(12)15/h2-3,5H,4H2,1H3. The lowest BCUT2D eigenvalue weighted by Crippen LogP contribution is -1.95. The van der Waals surface area contributed by atoms with Gasteiger partial charge in [-0.1, -0.05) is 11.2 Å². The fraction of sp³-hybridized carbons (Fsp3) is 0.182. The zero-order valence-electron chi connectivity index (χ0n) is 8.49. The molecule has 0 unspecified atom stereocenters. The number of Topliss-reactive ketones (excluding diaryl/α,β-unsaturated/α-hetero) is 1. The summed E-state index contributed by atoms with van der Waals surface area (Å²) in [5.41, 5.74) is 1.39. The van der Waals surface area contributed by atoms with Gasteiger partial charge >= 0.3 is 0 Å². The third-order valence-electron chi connectivity index (χ3n) is 2.18. The molecular formula is C11H8ClNO3. The lowest BCUT2D eigenvalue weighted by atomic mass is 10.1. The van der Waals surface area contributed by atoms with E-state index in [-0.39, 0.29) is 11.5 Å². The number of fused-ring (bicyclic) bond motifs is 1. The van der Waals surface area contributed by atoms with Crippen LogP contribution in [0.25, 0.3) is 11.0 Å². The van der Waals surface area contributed by atoms with Gasteiger partial charge in [-0.15, -0.1) is 0 Å². The maximum atomic E-state index is 11.0. The van der Waals surface area contributed by atoms with E-state index in [9.17, 15) is 9.59 Å². The minimum absolute atomic E-state index is 0.0625. The Labute approximate surface area is 96.2 Å². The number of ketones is 1. The van der Waals surface area contributed by atoms with E-state index in [1.165, 1.54) is 6.92 Å². The van der Waals surface area contributed by atoms with Crippen molar-refractivity contribution in [3.05, 3.63) is 29.5 Å². The highest BCUT2D eigenvalue weighted by Crippen LogP contribution is 2.21. The summed E-state index contributed by atoms with van der Waals surface area (Å²) >= 11 is 5.33. The van der Waals surface area contributed by atoms with Crippen LogP contribution in [0.3, 0.4) is 0 Å². The van der Waals surface area contributed by atoms with Gasteiger partial charge in [0.05, 0.1) is 5.39 Å². The van der Waals surface area contributed by atoms with Crippen molar-refractivity contribution < 1.29 is 14.1 Å². The van der Waals surface area contributed by atoms with Crippen molar-refractivity contribution >= 4 is 33.6 Å². The molecule has 2 aromatic rings. The molecule has 4 nitrogen and oxygen atoms in total. The van der Waals surface area contributed by atoms with Gasteiger partial charge in [0.1, 0.15) is 5.78 Å². The molecule has 5 heteroatoms. The van der Waals surface area contributed by atoms with Crippen LogP contribution in [0.2, 0.25) is 0 Å². The van der Waals surface area contributed by atoms with Crippen LogP contribution in [-0.2, 0) is 11.2 Å². The maximum Gasteiger partial charge on any atom is 0.275 e. The van der Waals surface area contributed by atoms with Gasteiger partial charge in [-0.3, -0.25) is 9.59 Å². The smallest absolute Gasteiger partial charge is 0.275 e. The number of halogens is 1. The minimum atomic E-state index is -0.655. The summed E-state index contributed by atoms with van der Waals surface area (Å²) in [7, 11) is 0. The predicted molar refractivity (Wildman–Crippen MR) is 58.6 cm³/mol. The molecule has 0 fully saturated rings. The molecule has 0 aliphatic heterocycles. The van der Waals surface area contributed by atoms with E-state index in [1.807, 2.05) is 0 Å². The normalized spacial score (nSPS) is 10.6. The largest absolute Gasteiger partial charge is 0.355 e. The highest BCUT2D eigenvalue weighted by Gasteiger charge is 2.14. The first-order valence-electron chi connectivity index (χ1n) is 4.65. The van der Waals surface area contributed by atoms with E-state index in [1.54, 1.807) is 18.2 Å². The van der Waals surface area contributed by atoms with Crippen LogP contribution in [0.5, 0.6) is 0 Å².